The summed E-state index contributed by atoms with van der Waals surface area (Å²) in [6.07, 6.45) is 1.96. The van der Waals surface area contributed by atoms with Gasteiger partial charge in [0.25, 0.3) is 0 Å². The monoisotopic (exact) mass is 158 g/mol. The molecule has 3 heteroatoms. The molecule has 2 rings (SSSR count). The lowest BCUT2D eigenvalue weighted by molar-refractivity contribution is -0.467. The maximum absolute atomic E-state index is 5.29. The molecule has 0 amide bonds. The Morgan fingerprint density at radius 1 is 1.36 bits per heavy atom. The van der Waals surface area contributed by atoms with Gasteiger partial charge in [-0.25, -0.2) is 9.78 Å². The van der Waals surface area contributed by atoms with E-state index in [0.29, 0.717) is 5.92 Å². The maximum Gasteiger partial charge on any atom is 0.191 e. The molecule has 0 spiro atoms. The molecule has 2 bridgehead atoms. The van der Waals surface area contributed by atoms with Gasteiger partial charge >= 0.3 is 0 Å². The highest BCUT2D eigenvalue weighted by molar-refractivity contribution is 4.83. The van der Waals surface area contributed by atoms with Gasteiger partial charge in [0.15, 0.2) is 6.29 Å². The molecule has 2 fully saturated rings. The largest absolute Gasteiger partial charge is 0.350 e. The Hall–Kier alpha value is -0.120. The topological polar surface area (TPSA) is 27.7 Å². The van der Waals surface area contributed by atoms with Crippen LogP contribution in [0, 0.1) is 5.92 Å². The summed E-state index contributed by atoms with van der Waals surface area (Å²) >= 11 is 0. The third kappa shape index (κ3) is 1.28. The lowest BCUT2D eigenvalue weighted by Gasteiger charge is -2.43. The van der Waals surface area contributed by atoms with E-state index < -0.39 is 0 Å². The summed E-state index contributed by atoms with van der Waals surface area (Å²) in [6, 6.07) is 0. The number of rotatable bonds is 0. The van der Waals surface area contributed by atoms with Crippen molar-refractivity contribution in [2.75, 3.05) is 6.61 Å². The van der Waals surface area contributed by atoms with Crippen molar-refractivity contribution in [2.45, 2.75) is 38.6 Å². The van der Waals surface area contributed by atoms with Crippen molar-refractivity contribution in [3.63, 3.8) is 0 Å². The third-order valence-corrected chi connectivity index (χ3v) is 2.60. The van der Waals surface area contributed by atoms with Crippen molar-refractivity contribution in [2.24, 2.45) is 5.92 Å². The average Bonchev–Trinajstić information content (AvgIpc) is 2.00. The van der Waals surface area contributed by atoms with Crippen molar-refractivity contribution in [3.05, 3.63) is 0 Å². The Morgan fingerprint density at radius 2 is 2.18 bits per heavy atom. The molecule has 0 aromatic carbocycles. The first-order valence-corrected chi connectivity index (χ1v) is 4.14. The average molecular weight is 158 g/mol. The Kier molecular flexibility index (Phi) is 1.67. The van der Waals surface area contributed by atoms with Gasteiger partial charge in [-0.05, 0) is 26.2 Å². The Bertz CT molecular complexity index is 155. The molecule has 0 saturated carbocycles. The van der Waals surface area contributed by atoms with Crippen LogP contribution in [0.1, 0.15) is 26.7 Å². The van der Waals surface area contributed by atoms with Crippen LogP contribution in [0.3, 0.4) is 0 Å². The zero-order valence-electron chi connectivity index (χ0n) is 7.00. The minimum Gasteiger partial charge on any atom is -0.350 e. The standard InChI is InChI=1S/C8H14O3/c1-8(2)6-3-4-9-7(5-6)10-11-8/h6-7H,3-5H2,1-2H3/t6-,7-/m1/s1. The Labute approximate surface area is 66.6 Å². The van der Waals surface area contributed by atoms with Crippen LogP contribution in [0.5, 0.6) is 0 Å². The number of fused-ring (bicyclic) bond motifs is 2. The normalized spacial score (nSPS) is 42.0. The first-order chi connectivity index (χ1) is 5.18. The van der Waals surface area contributed by atoms with E-state index >= 15 is 0 Å². The van der Waals surface area contributed by atoms with Gasteiger partial charge in [-0.1, -0.05) is 0 Å². The SMILES string of the molecule is CC1(C)OO[C@@H]2C[C@H]1CCO2. The highest BCUT2D eigenvalue weighted by Gasteiger charge is 2.41. The number of hydrogen-bond acceptors (Lipinski definition) is 3. The highest BCUT2D eigenvalue weighted by atomic mass is 17.2. The van der Waals surface area contributed by atoms with Gasteiger partial charge < -0.3 is 4.74 Å². The van der Waals surface area contributed by atoms with Crippen LogP contribution in [0.4, 0.5) is 0 Å². The van der Waals surface area contributed by atoms with Gasteiger partial charge in [0, 0.05) is 6.42 Å². The second kappa shape index (κ2) is 2.44. The molecule has 0 radical (unpaired) electrons. The van der Waals surface area contributed by atoms with Crippen molar-refractivity contribution >= 4 is 0 Å². The molecule has 2 atom stereocenters. The summed E-state index contributed by atoms with van der Waals surface area (Å²) in [5.74, 6) is 0.593. The second-order valence-electron chi connectivity index (χ2n) is 3.80. The molecule has 0 N–H and O–H groups in total. The number of ether oxygens (including phenoxy) is 1. The fourth-order valence-electron chi connectivity index (χ4n) is 1.70. The smallest absolute Gasteiger partial charge is 0.191 e. The molecular weight excluding hydrogens is 144 g/mol. The van der Waals surface area contributed by atoms with Crippen LogP contribution in [0.25, 0.3) is 0 Å². The van der Waals surface area contributed by atoms with Gasteiger partial charge in [0.05, 0.1) is 6.61 Å². The van der Waals surface area contributed by atoms with E-state index in [2.05, 4.69) is 13.8 Å². The van der Waals surface area contributed by atoms with Crippen molar-refractivity contribution in [1.29, 1.82) is 0 Å². The van der Waals surface area contributed by atoms with Crippen molar-refractivity contribution in [3.8, 4) is 0 Å². The zero-order valence-corrected chi connectivity index (χ0v) is 7.00. The summed E-state index contributed by atoms with van der Waals surface area (Å²) in [5.41, 5.74) is -0.125. The molecule has 0 aromatic rings. The van der Waals surface area contributed by atoms with Crippen LogP contribution >= 0.6 is 0 Å². The molecule has 64 valence electrons. The molecule has 2 saturated heterocycles. The molecule has 3 nitrogen and oxygen atoms in total. The predicted molar refractivity (Wildman–Crippen MR) is 38.7 cm³/mol. The molecule has 2 heterocycles. The quantitative estimate of drug-likeness (QED) is 0.500. The molecule has 2 aliphatic heterocycles. The first kappa shape index (κ1) is 7.53. The summed E-state index contributed by atoms with van der Waals surface area (Å²) < 4.78 is 5.29. The first-order valence-electron chi connectivity index (χ1n) is 4.14. The summed E-state index contributed by atoms with van der Waals surface area (Å²) in [7, 11) is 0. The summed E-state index contributed by atoms with van der Waals surface area (Å²) in [4.78, 5) is 10.2. The lowest BCUT2D eigenvalue weighted by Crippen LogP contribution is -2.47. The molecule has 11 heavy (non-hydrogen) atoms. The van der Waals surface area contributed by atoms with Crippen LogP contribution < -0.4 is 0 Å². The summed E-state index contributed by atoms with van der Waals surface area (Å²) in [5, 5.41) is 0. The van der Waals surface area contributed by atoms with Gasteiger partial charge in [-0.2, -0.15) is 0 Å². The van der Waals surface area contributed by atoms with E-state index in [1.165, 1.54) is 0 Å². The van der Waals surface area contributed by atoms with Crippen molar-refractivity contribution < 1.29 is 14.5 Å². The van der Waals surface area contributed by atoms with Crippen LogP contribution in [-0.4, -0.2) is 18.5 Å². The van der Waals surface area contributed by atoms with E-state index in [0.717, 1.165) is 19.4 Å². The molecule has 0 unspecified atom stereocenters. The Morgan fingerprint density at radius 3 is 2.91 bits per heavy atom. The summed E-state index contributed by atoms with van der Waals surface area (Å²) in [6.45, 7) is 4.94. The van der Waals surface area contributed by atoms with E-state index in [-0.39, 0.29) is 11.9 Å². The minimum absolute atomic E-state index is 0.109. The highest BCUT2D eigenvalue weighted by Crippen LogP contribution is 2.37. The fourth-order valence-corrected chi connectivity index (χ4v) is 1.70. The van der Waals surface area contributed by atoms with E-state index in [9.17, 15) is 0 Å². The second-order valence-corrected chi connectivity index (χ2v) is 3.80. The Balaban J connectivity index is 2.09. The lowest BCUT2D eigenvalue weighted by atomic mass is 9.84. The van der Waals surface area contributed by atoms with Gasteiger partial charge in [-0.3, -0.25) is 0 Å². The minimum atomic E-state index is -0.125. The molecular formula is C8H14O3. The maximum atomic E-state index is 5.29. The molecule has 2 aliphatic rings. The molecule has 0 aromatic heterocycles. The predicted octanol–water partition coefficient (Wildman–Crippen LogP) is 1.48. The van der Waals surface area contributed by atoms with E-state index in [1.807, 2.05) is 0 Å². The number of hydrogen-bond donors (Lipinski definition) is 0. The van der Waals surface area contributed by atoms with Gasteiger partial charge in [-0.15, -0.1) is 0 Å². The van der Waals surface area contributed by atoms with Gasteiger partial charge in [0.1, 0.15) is 5.60 Å². The van der Waals surface area contributed by atoms with Crippen molar-refractivity contribution in [1.82, 2.24) is 0 Å². The van der Waals surface area contributed by atoms with Crippen LogP contribution in [0.15, 0.2) is 0 Å². The van der Waals surface area contributed by atoms with Gasteiger partial charge in [0.2, 0.25) is 0 Å². The fraction of sp³-hybridized carbons (Fsp3) is 1.00. The van der Waals surface area contributed by atoms with E-state index in [1.54, 1.807) is 0 Å². The van der Waals surface area contributed by atoms with Crippen LogP contribution in [0.2, 0.25) is 0 Å². The zero-order chi connectivity index (χ0) is 7.90. The third-order valence-electron chi connectivity index (χ3n) is 2.60. The van der Waals surface area contributed by atoms with E-state index in [4.69, 9.17) is 14.5 Å². The van der Waals surface area contributed by atoms with Crippen LogP contribution in [-0.2, 0) is 14.5 Å². The molecule has 0 aliphatic carbocycles.